The van der Waals surface area contributed by atoms with Gasteiger partial charge in [0.05, 0.1) is 12.0 Å². The van der Waals surface area contributed by atoms with Crippen molar-refractivity contribution in [2.45, 2.75) is 53.4 Å². The number of carbonyl (C=O) groups excluding carboxylic acids is 1. The number of hydrogen-bond acceptors (Lipinski definition) is 4. The average molecular weight is 412 g/mol. The van der Waals surface area contributed by atoms with Crippen molar-refractivity contribution in [2.24, 2.45) is 11.3 Å². The molecule has 3 nitrogen and oxygen atoms in total. The first-order valence-electron chi connectivity index (χ1n) is 10.5. The van der Waals surface area contributed by atoms with Crippen LogP contribution in [0, 0.1) is 23.2 Å². The maximum Gasteiger partial charge on any atom is 0.348 e. The molecule has 1 aliphatic carbocycles. The van der Waals surface area contributed by atoms with Gasteiger partial charge in [-0.05, 0) is 82.2 Å². The SMILES string of the molecule is COC(=O)c1sc(C#CC(C)(C)C)cc1C1=C(C2=CCC(C)CC2)CN(C)CC1. The first-order chi connectivity index (χ1) is 13.7. The predicted octanol–water partition coefficient (Wildman–Crippen LogP) is 5.77. The third kappa shape index (κ3) is 5.41. The van der Waals surface area contributed by atoms with Crippen molar-refractivity contribution >= 4 is 22.9 Å². The van der Waals surface area contributed by atoms with Crippen molar-refractivity contribution in [1.82, 2.24) is 4.90 Å². The van der Waals surface area contributed by atoms with E-state index in [1.807, 2.05) is 0 Å². The summed E-state index contributed by atoms with van der Waals surface area (Å²) in [6.45, 7) is 10.6. The molecule has 0 N–H and O–H groups in total. The van der Waals surface area contributed by atoms with Gasteiger partial charge in [0.1, 0.15) is 4.88 Å². The number of hydrogen-bond donors (Lipinski definition) is 0. The molecule has 1 aromatic rings. The van der Waals surface area contributed by atoms with Crippen molar-refractivity contribution in [3.05, 3.63) is 38.6 Å². The van der Waals surface area contributed by atoms with E-state index in [1.165, 1.54) is 41.6 Å². The minimum Gasteiger partial charge on any atom is -0.465 e. The number of esters is 1. The van der Waals surface area contributed by atoms with E-state index >= 15 is 0 Å². The van der Waals surface area contributed by atoms with Gasteiger partial charge >= 0.3 is 5.97 Å². The van der Waals surface area contributed by atoms with Crippen molar-refractivity contribution in [3.8, 4) is 11.8 Å². The fourth-order valence-electron chi connectivity index (χ4n) is 3.90. The lowest BCUT2D eigenvalue weighted by Crippen LogP contribution is -2.29. The molecule has 0 radical (unpaired) electrons. The Morgan fingerprint density at radius 3 is 2.66 bits per heavy atom. The molecule has 0 saturated carbocycles. The Kier molecular flexibility index (Phi) is 6.71. The zero-order chi connectivity index (χ0) is 21.2. The standard InChI is InChI=1S/C25H33NO2S/c1-17-7-9-18(10-8-17)22-16-26(5)14-12-20(22)21-15-19(11-13-25(2,3)4)29-23(21)24(27)28-6/h9,15,17H,7-8,10,12,14,16H2,1-6H3. The van der Waals surface area contributed by atoms with Crippen LogP contribution in [-0.4, -0.2) is 38.1 Å². The molecule has 4 heteroatoms. The van der Waals surface area contributed by atoms with Crippen LogP contribution in [0.5, 0.6) is 0 Å². The summed E-state index contributed by atoms with van der Waals surface area (Å²) in [7, 11) is 3.64. The molecule has 0 fully saturated rings. The molecule has 1 aromatic heterocycles. The molecule has 0 saturated heterocycles. The highest BCUT2D eigenvalue weighted by Crippen LogP contribution is 2.39. The van der Waals surface area contributed by atoms with Crippen molar-refractivity contribution in [3.63, 3.8) is 0 Å². The third-order valence-electron chi connectivity index (χ3n) is 5.59. The van der Waals surface area contributed by atoms with E-state index in [4.69, 9.17) is 4.74 Å². The van der Waals surface area contributed by atoms with Gasteiger partial charge in [-0.2, -0.15) is 0 Å². The van der Waals surface area contributed by atoms with Crippen molar-refractivity contribution < 1.29 is 9.53 Å². The molecule has 0 spiro atoms. The van der Waals surface area contributed by atoms with Gasteiger partial charge < -0.3 is 9.64 Å². The molecule has 0 bridgehead atoms. The Labute approximate surface area is 179 Å². The molecule has 29 heavy (non-hydrogen) atoms. The Hall–Kier alpha value is -1.83. The van der Waals surface area contributed by atoms with E-state index in [1.54, 1.807) is 0 Å². The number of thiophene rings is 1. The first kappa shape index (κ1) is 21.9. The van der Waals surface area contributed by atoms with Crippen LogP contribution in [0.25, 0.3) is 5.57 Å². The van der Waals surface area contributed by atoms with Crippen LogP contribution in [-0.2, 0) is 4.74 Å². The van der Waals surface area contributed by atoms with E-state index in [2.05, 4.69) is 63.6 Å². The number of methoxy groups -OCH3 is 1. The summed E-state index contributed by atoms with van der Waals surface area (Å²) in [5.74, 6) is 7.08. The highest BCUT2D eigenvalue weighted by molar-refractivity contribution is 7.14. The lowest BCUT2D eigenvalue weighted by molar-refractivity contribution is 0.0606. The molecule has 1 atom stereocenters. The summed E-state index contributed by atoms with van der Waals surface area (Å²) in [6, 6.07) is 2.11. The first-order valence-corrected chi connectivity index (χ1v) is 11.3. The Morgan fingerprint density at radius 1 is 1.28 bits per heavy atom. The number of nitrogens with zero attached hydrogens (tertiary/aromatic N) is 1. The van der Waals surface area contributed by atoms with Crippen LogP contribution in [0.3, 0.4) is 0 Å². The van der Waals surface area contributed by atoms with E-state index in [0.717, 1.165) is 48.7 Å². The van der Waals surface area contributed by atoms with Crippen molar-refractivity contribution in [1.29, 1.82) is 0 Å². The Balaban J connectivity index is 2.11. The second-order valence-electron chi connectivity index (χ2n) is 9.40. The number of carbonyl (C=O) groups is 1. The maximum atomic E-state index is 12.6. The van der Waals surface area contributed by atoms with E-state index < -0.39 is 0 Å². The molecule has 2 heterocycles. The highest BCUT2D eigenvalue weighted by Gasteiger charge is 2.27. The van der Waals surface area contributed by atoms with Gasteiger partial charge in [-0.15, -0.1) is 11.3 Å². The lowest BCUT2D eigenvalue weighted by Gasteiger charge is -2.31. The summed E-state index contributed by atoms with van der Waals surface area (Å²) >= 11 is 1.46. The second kappa shape index (κ2) is 8.90. The van der Waals surface area contributed by atoms with Crippen LogP contribution >= 0.6 is 11.3 Å². The molecule has 156 valence electrons. The number of likely N-dealkylation sites (N-methyl/N-ethyl adjacent to an activating group) is 1. The van der Waals surface area contributed by atoms with Crippen LogP contribution < -0.4 is 0 Å². The summed E-state index contributed by atoms with van der Waals surface area (Å²) in [5, 5.41) is 0. The highest BCUT2D eigenvalue weighted by atomic mass is 32.1. The topological polar surface area (TPSA) is 29.5 Å². The third-order valence-corrected chi connectivity index (χ3v) is 6.62. The monoisotopic (exact) mass is 411 g/mol. The fourth-order valence-corrected chi connectivity index (χ4v) is 4.86. The predicted molar refractivity (Wildman–Crippen MR) is 122 cm³/mol. The summed E-state index contributed by atoms with van der Waals surface area (Å²) in [6.07, 6.45) is 6.88. The quantitative estimate of drug-likeness (QED) is 0.467. The molecular formula is C25H33NO2S. The van der Waals surface area contributed by atoms with Gasteiger partial charge in [-0.1, -0.05) is 24.8 Å². The van der Waals surface area contributed by atoms with Gasteiger partial charge in [0, 0.05) is 24.1 Å². The maximum absolute atomic E-state index is 12.6. The number of rotatable bonds is 3. The minimum atomic E-state index is -0.258. The summed E-state index contributed by atoms with van der Waals surface area (Å²) < 4.78 is 5.12. The largest absolute Gasteiger partial charge is 0.465 e. The average Bonchev–Trinajstić information content (AvgIpc) is 3.10. The zero-order valence-corrected chi connectivity index (χ0v) is 19.5. The van der Waals surface area contributed by atoms with E-state index in [0.29, 0.717) is 4.88 Å². The van der Waals surface area contributed by atoms with Crippen LogP contribution in [0.2, 0.25) is 0 Å². The minimum absolute atomic E-state index is 0.0723. The smallest absolute Gasteiger partial charge is 0.348 e. The van der Waals surface area contributed by atoms with Crippen LogP contribution in [0.4, 0.5) is 0 Å². The van der Waals surface area contributed by atoms with Gasteiger partial charge in [0.2, 0.25) is 0 Å². The molecular weight excluding hydrogens is 378 g/mol. The molecule has 0 aromatic carbocycles. The zero-order valence-electron chi connectivity index (χ0n) is 18.6. The molecule has 3 rings (SSSR count). The fraction of sp³-hybridized carbons (Fsp3) is 0.560. The van der Waals surface area contributed by atoms with Gasteiger partial charge in [0.15, 0.2) is 0 Å². The molecule has 2 aliphatic rings. The van der Waals surface area contributed by atoms with Crippen LogP contribution in [0.15, 0.2) is 23.3 Å². The number of allylic oxidation sites excluding steroid dienone is 1. The van der Waals surface area contributed by atoms with E-state index in [-0.39, 0.29) is 11.4 Å². The van der Waals surface area contributed by atoms with Crippen molar-refractivity contribution in [2.75, 3.05) is 27.2 Å². The Morgan fingerprint density at radius 2 is 2.03 bits per heavy atom. The molecule has 1 aliphatic heterocycles. The number of ether oxygens (including phenoxy) is 1. The van der Waals surface area contributed by atoms with Gasteiger partial charge in [-0.25, -0.2) is 4.79 Å². The van der Waals surface area contributed by atoms with E-state index in [9.17, 15) is 4.79 Å². The normalized spacial score (nSPS) is 20.8. The van der Waals surface area contributed by atoms with Gasteiger partial charge in [-0.3, -0.25) is 0 Å². The van der Waals surface area contributed by atoms with Gasteiger partial charge in [0.25, 0.3) is 0 Å². The van der Waals surface area contributed by atoms with Crippen LogP contribution in [0.1, 0.15) is 73.5 Å². The Bertz CT molecular complexity index is 901. The summed E-state index contributed by atoms with van der Waals surface area (Å²) in [4.78, 5) is 16.6. The molecule has 0 amide bonds. The second-order valence-corrected chi connectivity index (χ2v) is 10.5. The summed E-state index contributed by atoms with van der Waals surface area (Å²) in [5.41, 5.74) is 5.14. The lowest BCUT2D eigenvalue weighted by atomic mass is 9.82. The molecule has 1 unspecified atom stereocenters.